The van der Waals surface area contributed by atoms with Crippen LogP contribution in [0, 0.1) is 0 Å². The molecule has 3 aromatic carbocycles. The fourth-order valence-electron chi connectivity index (χ4n) is 5.16. The van der Waals surface area contributed by atoms with Crippen molar-refractivity contribution in [3.63, 3.8) is 0 Å². The molecule has 2 aliphatic heterocycles. The quantitative estimate of drug-likeness (QED) is 0.293. The maximum atomic E-state index is 5.65. The van der Waals surface area contributed by atoms with Gasteiger partial charge in [-0.1, -0.05) is 74.5 Å². The summed E-state index contributed by atoms with van der Waals surface area (Å²) in [5, 5.41) is 3.40. The number of hydrogen-bond donors (Lipinski definition) is 1. The fraction of sp³-hybridized carbons (Fsp3) is 0.429. The first-order valence-corrected chi connectivity index (χ1v) is 14.9. The van der Waals surface area contributed by atoms with Crippen LogP contribution in [-0.2, 0) is 6.54 Å². The van der Waals surface area contributed by atoms with Crippen molar-refractivity contribution in [2.45, 2.75) is 58.4 Å². The van der Waals surface area contributed by atoms with Gasteiger partial charge in [-0.2, -0.15) is 0 Å². The minimum absolute atomic E-state index is 0.737. The highest BCUT2D eigenvalue weighted by molar-refractivity contribution is 5.67. The molecule has 0 amide bonds. The molecule has 2 heterocycles. The molecule has 0 aromatic heterocycles. The first kappa shape index (κ1) is 28.9. The summed E-state index contributed by atoms with van der Waals surface area (Å²) in [5.74, 6) is 2.71. The van der Waals surface area contributed by atoms with Crippen molar-refractivity contribution in [2.24, 2.45) is 0 Å². The molecule has 0 spiro atoms. The van der Waals surface area contributed by atoms with E-state index in [0.29, 0.717) is 0 Å². The Balaban J connectivity index is 0.000000193. The lowest BCUT2D eigenvalue weighted by molar-refractivity contribution is 0.294. The van der Waals surface area contributed by atoms with E-state index in [2.05, 4.69) is 109 Å². The predicted octanol–water partition coefficient (Wildman–Crippen LogP) is 7.71. The summed E-state index contributed by atoms with van der Waals surface area (Å²) in [4.78, 5) is 2.50. The topological polar surface area (TPSA) is 33.7 Å². The Morgan fingerprint density at radius 1 is 0.769 bits per heavy atom. The van der Waals surface area contributed by atoms with Crippen LogP contribution >= 0.6 is 0 Å². The van der Waals surface area contributed by atoms with Crippen LogP contribution in [0.25, 0.3) is 5.57 Å². The van der Waals surface area contributed by atoms with E-state index < -0.39 is 0 Å². The molecule has 0 unspecified atom stereocenters. The average Bonchev–Trinajstić information content (AvgIpc) is 3.01. The zero-order chi connectivity index (χ0) is 27.1. The molecule has 1 saturated heterocycles. The molecule has 0 bridgehead atoms. The summed E-state index contributed by atoms with van der Waals surface area (Å²) >= 11 is 0. The van der Waals surface area contributed by atoms with Crippen molar-refractivity contribution in [2.75, 3.05) is 39.4 Å². The molecule has 39 heavy (non-hydrogen) atoms. The highest BCUT2D eigenvalue weighted by atomic mass is 16.5. The lowest BCUT2D eigenvalue weighted by Crippen LogP contribution is -2.27. The summed E-state index contributed by atoms with van der Waals surface area (Å²) in [6, 6.07) is 27.9. The van der Waals surface area contributed by atoms with Crippen molar-refractivity contribution in [3.8, 4) is 11.5 Å². The Bertz CT molecular complexity index is 1100. The van der Waals surface area contributed by atoms with Gasteiger partial charge in [0.25, 0.3) is 0 Å². The Labute approximate surface area is 236 Å². The van der Waals surface area contributed by atoms with Crippen LogP contribution in [0.2, 0.25) is 0 Å². The van der Waals surface area contributed by atoms with E-state index in [4.69, 9.17) is 9.47 Å². The molecule has 4 nitrogen and oxygen atoms in total. The van der Waals surface area contributed by atoms with Gasteiger partial charge < -0.3 is 14.8 Å². The summed E-state index contributed by atoms with van der Waals surface area (Å²) in [6.07, 6.45) is 8.11. The zero-order valence-corrected chi connectivity index (χ0v) is 23.9. The van der Waals surface area contributed by atoms with E-state index in [-0.39, 0.29) is 0 Å². The molecule has 3 aromatic rings. The van der Waals surface area contributed by atoms with Gasteiger partial charge >= 0.3 is 0 Å². The van der Waals surface area contributed by atoms with Gasteiger partial charge in [-0.05, 0) is 97.6 Å². The summed E-state index contributed by atoms with van der Waals surface area (Å²) in [6.45, 7) is 11.3. The molecule has 208 valence electrons. The molecular formula is C35H46N2O2. The summed E-state index contributed by atoms with van der Waals surface area (Å²) in [7, 11) is 0. The zero-order valence-electron chi connectivity index (χ0n) is 23.9. The Morgan fingerprint density at radius 2 is 1.38 bits per heavy atom. The maximum absolute atomic E-state index is 5.65. The molecule has 0 radical (unpaired) electrons. The Kier molecular flexibility index (Phi) is 12.0. The maximum Gasteiger partial charge on any atom is 0.119 e. The van der Waals surface area contributed by atoms with E-state index in [0.717, 1.165) is 82.6 Å². The third-order valence-electron chi connectivity index (χ3n) is 7.40. The first-order chi connectivity index (χ1) is 19.2. The monoisotopic (exact) mass is 526 g/mol. The highest BCUT2D eigenvalue weighted by Crippen LogP contribution is 2.27. The van der Waals surface area contributed by atoms with Crippen molar-refractivity contribution < 1.29 is 9.47 Å². The van der Waals surface area contributed by atoms with Crippen molar-refractivity contribution in [1.82, 2.24) is 10.2 Å². The summed E-state index contributed by atoms with van der Waals surface area (Å²) in [5.41, 5.74) is 5.64. The molecule has 0 aliphatic carbocycles. The van der Waals surface area contributed by atoms with Crippen molar-refractivity contribution in [3.05, 3.63) is 102 Å². The standard InChI is InChI=1S/C21H25NO.C14H21NO/c1-2-16-23-21-10-8-19(9-11-21)20-12-14-22(15-13-20)17-18-6-4-3-5-7-18;1-2-11-16-14-5-3-12(4-6-14)13-7-9-15-10-8-13/h3-12H,2,13-17H2,1H3;3-6,13,15H,2,7-11H2,1H3. The van der Waals surface area contributed by atoms with Crippen LogP contribution in [0.1, 0.15) is 68.6 Å². The summed E-state index contributed by atoms with van der Waals surface area (Å²) < 4.78 is 11.2. The second kappa shape index (κ2) is 16.1. The van der Waals surface area contributed by atoms with Gasteiger partial charge in [0.1, 0.15) is 11.5 Å². The van der Waals surface area contributed by atoms with Crippen LogP contribution < -0.4 is 14.8 Å². The second-order valence-corrected chi connectivity index (χ2v) is 10.5. The third kappa shape index (κ3) is 9.56. The van der Waals surface area contributed by atoms with E-state index in [9.17, 15) is 0 Å². The highest BCUT2D eigenvalue weighted by Gasteiger charge is 2.15. The van der Waals surface area contributed by atoms with Crippen LogP contribution in [0.5, 0.6) is 11.5 Å². The second-order valence-electron chi connectivity index (χ2n) is 10.5. The van der Waals surface area contributed by atoms with E-state index >= 15 is 0 Å². The van der Waals surface area contributed by atoms with E-state index in [1.807, 2.05) is 0 Å². The molecular weight excluding hydrogens is 480 g/mol. The predicted molar refractivity (Wildman–Crippen MR) is 164 cm³/mol. The number of hydrogen-bond acceptors (Lipinski definition) is 4. The minimum atomic E-state index is 0.737. The number of nitrogens with zero attached hydrogens (tertiary/aromatic N) is 1. The number of piperidine rings is 1. The Hall–Kier alpha value is -3.08. The van der Waals surface area contributed by atoms with Crippen LogP contribution in [0.3, 0.4) is 0 Å². The smallest absolute Gasteiger partial charge is 0.119 e. The number of benzene rings is 3. The molecule has 1 N–H and O–H groups in total. The SMILES string of the molecule is CCCOc1ccc(C2=CCN(Cc3ccccc3)CC2)cc1.CCCOc1ccc(C2CCNCC2)cc1. The van der Waals surface area contributed by atoms with Gasteiger partial charge in [-0.15, -0.1) is 0 Å². The van der Waals surface area contributed by atoms with Gasteiger partial charge in [0, 0.05) is 19.6 Å². The first-order valence-electron chi connectivity index (χ1n) is 14.9. The number of rotatable bonds is 10. The minimum Gasteiger partial charge on any atom is -0.494 e. The molecule has 0 saturated carbocycles. The molecule has 5 rings (SSSR count). The molecule has 4 heteroatoms. The Morgan fingerprint density at radius 3 is 1.95 bits per heavy atom. The van der Waals surface area contributed by atoms with Gasteiger partial charge in [0.2, 0.25) is 0 Å². The number of nitrogens with one attached hydrogen (secondary N) is 1. The third-order valence-corrected chi connectivity index (χ3v) is 7.40. The van der Waals surface area contributed by atoms with Crippen LogP contribution in [0.15, 0.2) is 84.9 Å². The lowest BCUT2D eigenvalue weighted by Gasteiger charge is -2.26. The van der Waals surface area contributed by atoms with Gasteiger partial charge in [-0.3, -0.25) is 4.90 Å². The molecule has 0 atom stereocenters. The number of ether oxygens (including phenoxy) is 2. The van der Waals surface area contributed by atoms with Crippen LogP contribution in [0.4, 0.5) is 0 Å². The average molecular weight is 527 g/mol. The van der Waals surface area contributed by atoms with Crippen molar-refractivity contribution in [1.29, 1.82) is 0 Å². The molecule has 1 fully saturated rings. The lowest BCUT2D eigenvalue weighted by atomic mass is 9.90. The van der Waals surface area contributed by atoms with Crippen LogP contribution in [-0.4, -0.2) is 44.3 Å². The van der Waals surface area contributed by atoms with Gasteiger partial charge in [0.15, 0.2) is 0 Å². The van der Waals surface area contributed by atoms with E-state index in [1.54, 1.807) is 0 Å². The van der Waals surface area contributed by atoms with E-state index in [1.165, 1.54) is 35.1 Å². The van der Waals surface area contributed by atoms with Gasteiger partial charge in [-0.25, -0.2) is 0 Å². The van der Waals surface area contributed by atoms with Crippen molar-refractivity contribution >= 4 is 5.57 Å². The van der Waals surface area contributed by atoms with Gasteiger partial charge in [0.05, 0.1) is 13.2 Å². The molecule has 2 aliphatic rings. The fourth-order valence-corrected chi connectivity index (χ4v) is 5.16. The largest absolute Gasteiger partial charge is 0.494 e. The normalized spacial score (nSPS) is 16.1.